The van der Waals surface area contributed by atoms with E-state index in [-0.39, 0.29) is 28.3 Å². The van der Waals surface area contributed by atoms with Crippen molar-refractivity contribution in [3.8, 4) is 11.4 Å². The van der Waals surface area contributed by atoms with Crippen LogP contribution in [0, 0.1) is 6.92 Å². The molecule has 5 rings (SSSR count). The van der Waals surface area contributed by atoms with Gasteiger partial charge in [0, 0.05) is 18.0 Å². The number of carbonyl (C=O) groups excluding carboxylic acids is 1. The Balaban J connectivity index is 1.47. The summed E-state index contributed by atoms with van der Waals surface area (Å²) in [6, 6.07) is 13.0. The number of rotatable bonds is 7. The highest BCUT2D eigenvalue weighted by molar-refractivity contribution is 6.32. The highest BCUT2D eigenvalue weighted by Crippen LogP contribution is 2.37. The van der Waals surface area contributed by atoms with Crippen molar-refractivity contribution in [2.24, 2.45) is 0 Å². The number of aromatic amines is 1. The highest BCUT2D eigenvalue weighted by atomic mass is 35.5. The lowest BCUT2D eigenvalue weighted by Crippen LogP contribution is -2.26. The Labute approximate surface area is 234 Å². The maximum absolute atomic E-state index is 13.7. The fraction of sp³-hybridized carbons (Fsp3) is 0.148. The summed E-state index contributed by atoms with van der Waals surface area (Å²) in [7, 11) is 1.55. The molecular weight excluding hydrogens is 565 g/mol. The van der Waals surface area contributed by atoms with Crippen molar-refractivity contribution < 1.29 is 32.6 Å². The summed E-state index contributed by atoms with van der Waals surface area (Å²) in [4.78, 5) is 30.1. The number of hydrogen-bond donors (Lipinski definition) is 2. The van der Waals surface area contributed by atoms with Crippen molar-refractivity contribution in [3.63, 3.8) is 0 Å². The number of nitrogens with zero attached hydrogens (tertiary/aromatic N) is 5. The molecule has 3 heterocycles. The lowest BCUT2D eigenvalue weighted by Gasteiger charge is -2.18. The molecule has 0 spiro atoms. The molecule has 10 nitrogen and oxygen atoms in total. The number of ether oxygens (including phenoxy) is 1. The Hall–Kier alpha value is -4.91. The molecule has 2 aromatic carbocycles. The van der Waals surface area contributed by atoms with Crippen LogP contribution in [0.3, 0.4) is 0 Å². The molecule has 210 valence electrons. The third kappa shape index (κ3) is 5.43. The van der Waals surface area contributed by atoms with Crippen molar-refractivity contribution in [1.29, 1.82) is 0 Å². The van der Waals surface area contributed by atoms with E-state index < -0.39 is 35.4 Å². The van der Waals surface area contributed by atoms with Gasteiger partial charge in [0.2, 0.25) is 0 Å². The molecule has 0 saturated carbocycles. The number of benzene rings is 2. The number of H-pyrrole nitrogens is 1. The van der Waals surface area contributed by atoms with E-state index in [1.807, 2.05) is 0 Å². The number of pyridine rings is 1. The Bertz CT molecular complexity index is 1780. The first-order valence-electron chi connectivity index (χ1n) is 11.9. The second kappa shape index (κ2) is 10.6. The molecule has 0 aliphatic rings. The molecule has 1 amide bonds. The predicted molar refractivity (Wildman–Crippen MR) is 143 cm³/mol. The monoisotopic (exact) mass is 584 g/mol. The molecule has 0 atom stereocenters. The molecule has 5 aromatic rings. The number of amides is 1. The highest BCUT2D eigenvalue weighted by Gasteiger charge is 2.39. The largest absolute Gasteiger partial charge is 0.487 e. The van der Waals surface area contributed by atoms with E-state index in [1.54, 1.807) is 20.0 Å². The summed E-state index contributed by atoms with van der Waals surface area (Å²) in [5.74, 6) is -1.38. The SMILES string of the molecule is Cc1n[nH]c2ncc(N(C)C(=O)c3cccc(-n4nc(C(F)(F)F)c(Cl)c4COc4ccc(C(=O)O)cc4)c3)cc12. The van der Waals surface area contributed by atoms with E-state index in [0.717, 1.165) is 10.1 Å². The van der Waals surface area contributed by atoms with Gasteiger partial charge in [-0.05, 0) is 55.5 Å². The summed E-state index contributed by atoms with van der Waals surface area (Å²) >= 11 is 6.13. The smallest absolute Gasteiger partial charge is 0.436 e. The molecule has 0 fully saturated rings. The van der Waals surface area contributed by atoms with Gasteiger partial charge in [-0.1, -0.05) is 17.7 Å². The van der Waals surface area contributed by atoms with Crippen LogP contribution < -0.4 is 9.64 Å². The molecular formula is C27H20ClF3N6O4. The van der Waals surface area contributed by atoms with Gasteiger partial charge in [-0.15, -0.1) is 0 Å². The summed E-state index contributed by atoms with van der Waals surface area (Å²) in [6.07, 6.45) is -3.35. The van der Waals surface area contributed by atoms with E-state index in [9.17, 15) is 22.8 Å². The Kier molecular flexibility index (Phi) is 7.13. The fourth-order valence-corrected chi connectivity index (χ4v) is 4.36. The minimum absolute atomic E-state index is 0.0156. The van der Waals surface area contributed by atoms with Gasteiger partial charge in [0.05, 0.1) is 33.9 Å². The summed E-state index contributed by atoms with van der Waals surface area (Å²) in [5, 5.41) is 19.7. The van der Waals surface area contributed by atoms with Gasteiger partial charge < -0.3 is 14.7 Å². The van der Waals surface area contributed by atoms with E-state index in [4.69, 9.17) is 21.4 Å². The predicted octanol–water partition coefficient (Wildman–Crippen LogP) is 5.68. The summed E-state index contributed by atoms with van der Waals surface area (Å²) in [5.41, 5.74) is 0.653. The molecule has 0 aliphatic heterocycles. The van der Waals surface area contributed by atoms with Crippen LogP contribution in [-0.4, -0.2) is 49.0 Å². The van der Waals surface area contributed by atoms with Crippen LogP contribution in [0.1, 0.15) is 37.8 Å². The molecule has 0 bridgehead atoms. The van der Waals surface area contributed by atoms with Crippen molar-refractivity contribution >= 4 is 40.2 Å². The second-order valence-corrected chi connectivity index (χ2v) is 9.33. The van der Waals surface area contributed by atoms with Crippen molar-refractivity contribution in [1.82, 2.24) is 25.0 Å². The second-order valence-electron chi connectivity index (χ2n) is 8.95. The molecule has 0 aliphatic carbocycles. The summed E-state index contributed by atoms with van der Waals surface area (Å²) < 4.78 is 47.8. The molecule has 0 radical (unpaired) electrons. The van der Waals surface area contributed by atoms with Crippen LogP contribution in [0.4, 0.5) is 18.9 Å². The standard InChI is InChI=1S/C27H20ClF3N6O4/c1-14-20-11-18(12-32-24(20)34-33-14)36(2)25(38)16-4-3-5-17(10-16)37-21(22(28)23(35-37)27(29,30)31)13-41-19-8-6-15(7-9-19)26(39)40/h3-12H,13H2,1-2H3,(H,39,40)(H,32,33,34). The number of aromatic carboxylic acids is 1. The number of carboxylic acids is 1. The molecule has 14 heteroatoms. The number of anilines is 1. The zero-order valence-electron chi connectivity index (χ0n) is 21.4. The minimum Gasteiger partial charge on any atom is -0.487 e. The van der Waals surface area contributed by atoms with Gasteiger partial charge in [-0.25, -0.2) is 14.5 Å². The number of alkyl halides is 3. The lowest BCUT2D eigenvalue weighted by molar-refractivity contribution is -0.141. The number of aromatic nitrogens is 5. The van der Waals surface area contributed by atoms with Crippen molar-refractivity contribution in [3.05, 3.63) is 94.0 Å². The number of halogens is 4. The van der Waals surface area contributed by atoms with Crippen LogP contribution >= 0.6 is 11.6 Å². The van der Waals surface area contributed by atoms with Gasteiger partial charge >= 0.3 is 12.1 Å². The minimum atomic E-state index is -4.86. The molecule has 0 unspecified atom stereocenters. The van der Waals surface area contributed by atoms with E-state index in [2.05, 4.69) is 20.3 Å². The molecule has 41 heavy (non-hydrogen) atoms. The molecule has 2 N–H and O–H groups in total. The van der Waals surface area contributed by atoms with Crippen LogP contribution in [0.25, 0.3) is 16.7 Å². The zero-order chi connectivity index (χ0) is 29.5. The van der Waals surface area contributed by atoms with Gasteiger partial charge in [0.15, 0.2) is 11.3 Å². The third-order valence-corrected chi connectivity index (χ3v) is 6.68. The zero-order valence-corrected chi connectivity index (χ0v) is 22.2. The average molecular weight is 585 g/mol. The lowest BCUT2D eigenvalue weighted by atomic mass is 10.1. The normalized spacial score (nSPS) is 11.6. The molecule has 3 aromatic heterocycles. The van der Waals surface area contributed by atoms with Gasteiger partial charge in [0.25, 0.3) is 5.91 Å². The van der Waals surface area contributed by atoms with Crippen LogP contribution in [0.2, 0.25) is 5.02 Å². The van der Waals surface area contributed by atoms with E-state index >= 15 is 0 Å². The Morgan fingerprint density at radius 2 is 1.85 bits per heavy atom. The number of carboxylic acid groups (broad SMARTS) is 1. The first-order chi connectivity index (χ1) is 19.4. The van der Waals surface area contributed by atoms with Crippen molar-refractivity contribution in [2.45, 2.75) is 19.7 Å². The maximum Gasteiger partial charge on any atom is 0.436 e. The maximum atomic E-state index is 13.7. The summed E-state index contributed by atoms with van der Waals surface area (Å²) in [6.45, 7) is 1.37. The third-order valence-electron chi connectivity index (χ3n) is 6.28. The first kappa shape index (κ1) is 27.6. The number of aryl methyl sites for hydroxylation is 1. The number of fused-ring (bicyclic) bond motifs is 1. The van der Waals surface area contributed by atoms with E-state index in [1.165, 1.54) is 59.6 Å². The molecule has 0 saturated heterocycles. The van der Waals surface area contributed by atoms with Crippen LogP contribution in [0.15, 0.2) is 60.8 Å². The van der Waals surface area contributed by atoms with Gasteiger partial charge in [0.1, 0.15) is 18.1 Å². The van der Waals surface area contributed by atoms with Crippen molar-refractivity contribution in [2.75, 3.05) is 11.9 Å². The van der Waals surface area contributed by atoms with Gasteiger partial charge in [-0.3, -0.25) is 9.89 Å². The average Bonchev–Trinajstić information content (AvgIpc) is 3.50. The Morgan fingerprint density at radius 3 is 2.54 bits per heavy atom. The first-order valence-corrected chi connectivity index (χ1v) is 12.3. The number of carbonyl (C=O) groups is 2. The van der Waals surface area contributed by atoms with Gasteiger partial charge in [-0.2, -0.15) is 23.4 Å². The van der Waals surface area contributed by atoms with Crippen LogP contribution in [0.5, 0.6) is 5.75 Å². The topological polar surface area (TPSA) is 126 Å². The Morgan fingerprint density at radius 1 is 1.12 bits per heavy atom. The quantitative estimate of drug-likeness (QED) is 0.252. The fourth-order valence-electron chi connectivity index (χ4n) is 4.08. The number of hydrogen-bond acceptors (Lipinski definition) is 6. The van der Waals surface area contributed by atoms with Crippen LogP contribution in [-0.2, 0) is 12.8 Å². The number of nitrogens with one attached hydrogen (secondary N) is 1. The van der Waals surface area contributed by atoms with E-state index in [0.29, 0.717) is 17.0 Å².